The molecular formula is C21H17FN2O. The average Bonchev–Trinajstić information content (AvgIpc) is 2.86. The maximum atomic E-state index is 13.1. The van der Waals surface area contributed by atoms with Crippen molar-refractivity contribution < 1.29 is 9.18 Å². The number of pyridine rings is 1. The Kier molecular flexibility index (Phi) is 3.42. The molecule has 2 heterocycles. The summed E-state index contributed by atoms with van der Waals surface area (Å²) in [6, 6.07) is 10.1. The van der Waals surface area contributed by atoms with Crippen molar-refractivity contribution in [3.05, 3.63) is 82.8 Å². The van der Waals surface area contributed by atoms with Crippen molar-refractivity contribution >= 4 is 22.5 Å². The summed E-state index contributed by atoms with van der Waals surface area (Å²) in [5.41, 5.74) is 5.87. The highest BCUT2D eigenvalue weighted by molar-refractivity contribution is 6.14. The summed E-state index contributed by atoms with van der Waals surface area (Å²) in [4.78, 5) is 19.2. The molecule has 1 amide bonds. The van der Waals surface area contributed by atoms with E-state index in [9.17, 15) is 9.18 Å². The summed E-state index contributed by atoms with van der Waals surface area (Å²) in [5.74, 6) is -0.361. The summed E-state index contributed by atoms with van der Waals surface area (Å²) >= 11 is 0. The number of amides is 1. The lowest BCUT2D eigenvalue weighted by Gasteiger charge is -2.17. The smallest absolute Gasteiger partial charge is 0.259 e. The van der Waals surface area contributed by atoms with E-state index in [1.54, 1.807) is 23.2 Å². The number of benzene rings is 2. The Bertz CT molecular complexity index is 977. The maximum Gasteiger partial charge on any atom is 0.259 e. The highest BCUT2D eigenvalue weighted by Crippen LogP contribution is 2.40. The average molecular weight is 332 g/mol. The minimum atomic E-state index is -0.289. The molecule has 124 valence electrons. The van der Waals surface area contributed by atoms with Crippen LogP contribution >= 0.6 is 0 Å². The number of halogens is 1. The third kappa shape index (κ3) is 2.25. The Hall–Kier alpha value is -3.01. The monoisotopic (exact) mass is 332 g/mol. The van der Waals surface area contributed by atoms with E-state index in [4.69, 9.17) is 0 Å². The molecule has 0 spiro atoms. The van der Waals surface area contributed by atoms with Gasteiger partial charge in [-0.05, 0) is 48.7 Å². The molecule has 2 aromatic carbocycles. The Morgan fingerprint density at radius 2 is 1.80 bits per heavy atom. The van der Waals surface area contributed by atoms with Gasteiger partial charge in [-0.15, -0.1) is 0 Å². The predicted molar refractivity (Wildman–Crippen MR) is 96.5 cm³/mol. The molecule has 3 aromatic rings. The second-order valence-electron chi connectivity index (χ2n) is 6.36. The van der Waals surface area contributed by atoms with Gasteiger partial charge in [0.25, 0.3) is 5.91 Å². The van der Waals surface area contributed by atoms with E-state index in [0.29, 0.717) is 17.8 Å². The molecule has 4 heteroatoms. The van der Waals surface area contributed by atoms with E-state index in [1.807, 2.05) is 26.0 Å². The number of carbonyl (C=O) groups excluding carboxylic acids is 1. The Balaban J connectivity index is 1.84. The van der Waals surface area contributed by atoms with E-state index in [-0.39, 0.29) is 11.7 Å². The number of hydrogen-bond donors (Lipinski definition) is 0. The molecule has 0 aliphatic carbocycles. The highest BCUT2D eigenvalue weighted by Gasteiger charge is 2.35. The second-order valence-corrected chi connectivity index (χ2v) is 6.36. The molecule has 1 aliphatic rings. The number of hydrogen-bond acceptors (Lipinski definition) is 2. The van der Waals surface area contributed by atoms with Crippen LogP contribution in [0, 0.1) is 19.7 Å². The predicted octanol–water partition coefficient (Wildman–Crippen LogP) is 4.62. The topological polar surface area (TPSA) is 33.2 Å². The van der Waals surface area contributed by atoms with Crippen LogP contribution in [0.15, 0.2) is 49.2 Å². The van der Waals surface area contributed by atoms with Crippen LogP contribution in [0.2, 0.25) is 0 Å². The zero-order valence-electron chi connectivity index (χ0n) is 14.1. The molecule has 0 bridgehead atoms. The molecule has 1 aliphatic heterocycles. The highest BCUT2D eigenvalue weighted by atomic mass is 19.1. The first-order chi connectivity index (χ1) is 12.0. The van der Waals surface area contributed by atoms with Gasteiger partial charge in [-0.2, -0.15) is 0 Å². The normalized spacial score (nSPS) is 13.6. The molecule has 3 nitrogen and oxygen atoms in total. The number of aryl methyl sites for hydroxylation is 2. The fraction of sp³-hybridized carbons (Fsp3) is 0.143. The zero-order chi connectivity index (χ0) is 17.7. The van der Waals surface area contributed by atoms with Crippen LogP contribution < -0.4 is 0 Å². The second kappa shape index (κ2) is 5.52. The summed E-state index contributed by atoms with van der Waals surface area (Å²) in [6.07, 6.45) is 1.74. The molecule has 4 rings (SSSR count). The summed E-state index contributed by atoms with van der Waals surface area (Å²) in [6.45, 7) is 8.46. The lowest BCUT2D eigenvalue weighted by atomic mass is 9.93. The standard InChI is InChI=1S/C21H17FN2O/c1-12-17-5-4-10-23-20(17)13(2)19-18(12)14(3)24(21(19)25)11-15-6-8-16(22)9-7-15/h4-10H,3,11H2,1-2H3. The van der Waals surface area contributed by atoms with E-state index in [2.05, 4.69) is 11.6 Å². The molecule has 0 saturated heterocycles. The van der Waals surface area contributed by atoms with Gasteiger partial charge in [-0.25, -0.2) is 4.39 Å². The van der Waals surface area contributed by atoms with Gasteiger partial charge < -0.3 is 4.90 Å². The Labute approximate surface area is 145 Å². The maximum absolute atomic E-state index is 13.1. The lowest BCUT2D eigenvalue weighted by molar-refractivity contribution is 0.0843. The summed E-state index contributed by atoms with van der Waals surface area (Å²) < 4.78 is 13.1. The van der Waals surface area contributed by atoms with Crippen LogP contribution in [0.1, 0.15) is 32.6 Å². The van der Waals surface area contributed by atoms with Gasteiger partial charge in [0, 0.05) is 22.8 Å². The number of rotatable bonds is 2. The molecule has 0 radical (unpaired) electrons. The zero-order valence-corrected chi connectivity index (χ0v) is 14.1. The van der Waals surface area contributed by atoms with Crippen molar-refractivity contribution in [3.63, 3.8) is 0 Å². The van der Waals surface area contributed by atoms with Gasteiger partial charge in [-0.1, -0.05) is 24.8 Å². The van der Waals surface area contributed by atoms with Crippen LogP contribution in [-0.2, 0) is 6.54 Å². The van der Waals surface area contributed by atoms with Gasteiger partial charge in [-0.3, -0.25) is 9.78 Å². The molecule has 0 saturated carbocycles. The Morgan fingerprint density at radius 1 is 1.08 bits per heavy atom. The van der Waals surface area contributed by atoms with E-state index in [0.717, 1.165) is 33.2 Å². The van der Waals surface area contributed by atoms with Crippen molar-refractivity contribution in [1.82, 2.24) is 9.88 Å². The number of nitrogens with zero attached hydrogens (tertiary/aromatic N) is 2. The molecule has 0 N–H and O–H groups in total. The van der Waals surface area contributed by atoms with Crippen molar-refractivity contribution in [2.45, 2.75) is 20.4 Å². The van der Waals surface area contributed by atoms with Gasteiger partial charge in [0.1, 0.15) is 5.82 Å². The third-order valence-corrected chi connectivity index (χ3v) is 4.89. The summed E-state index contributed by atoms with van der Waals surface area (Å²) in [7, 11) is 0. The number of carbonyl (C=O) groups is 1. The fourth-order valence-corrected chi connectivity index (χ4v) is 3.59. The molecule has 0 unspecified atom stereocenters. The largest absolute Gasteiger partial charge is 0.304 e. The van der Waals surface area contributed by atoms with Crippen LogP contribution in [0.3, 0.4) is 0 Å². The van der Waals surface area contributed by atoms with Crippen LogP contribution in [0.4, 0.5) is 4.39 Å². The molecule has 25 heavy (non-hydrogen) atoms. The fourth-order valence-electron chi connectivity index (χ4n) is 3.59. The first-order valence-electron chi connectivity index (χ1n) is 8.12. The van der Waals surface area contributed by atoms with Gasteiger partial charge in [0.2, 0.25) is 0 Å². The summed E-state index contributed by atoms with van der Waals surface area (Å²) in [5, 5.41) is 1.04. The van der Waals surface area contributed by atoms with Gasteiger partial charge >= 0.3 is 0 Å². The number of fused-ring (bicyclic) bond motifs is 2. The Morgan fingerprint density at radius 3 is 2.52 bits per heavy atom. The quantitative estimate of drug-likeness (QED) is 0.686. The SMILES string of the molecule is C=C1c2c(c(C)c3ncccc3c2C)C(=O)N1Cc1ccc(F)cc1. The molecule has 0 fully saturated rings. The van der Waals surface area contributed by atoms with Crippen LogP contribution in [0.5, 0.6) is 0 Å². The first-order valence-corrected chi connectivity index (χ1v) is 8.12. The van der Waals surface area contributed by atoms with Crippen molar-refractivity contribution in [2.75, 3.05) is 0 Å². The van der Waals surface area contributed by atoms with Crippen LogP contribution in [-0.4, -0.2) is 15.8 Å². The van der Waals surface area contributed by atoms with Gasteiger partial charge in [0.15, 0.2) is 0 Å². The first kappa shape index (κ1) is 15.5. The molecule has 1 aromatic heterocycles. The van der Waals surface area contributed by atoms with Crippen molar-refractivity contribution in [1.29, 1.82) is 0 Å². The number of aromatic nitrogens is 1. The van der Waals surface area contributed by atoms with E-state index in [1.165, 1.54) is 12.1 Å². The molecular weight excluding hydrogens is 315 g/mol. The third-order valence-electron chi connectivity index (χ3n) is 4.89. The lowest BCUT2D eigenvalue weighted by Crippen LogP contribution is -2.22. The molecule has 0 atom stereocenters. The van der Waals surface area contributed by atoms with Crippen molar-refractivity contribution in [3.8, 4) is 0 Å². The van der Waals surface area contributed by atoms with E-state index < -0.39 is 0 Å². The van der Waals surface area contributed by atoms with E-state index >= 15 is 0 Å². The van der Waals surface area contributed by atoms with Gasteiger partial charge in [0.05, 0.1) is 17.6 Å². The minimum absolute atomic E-state index is 0.0718. The van der Waals surface area contributed by atoms with Crippen LogP contribution in [0.25, 0.3) is 16.6 Å². The van der Waals surface area contributed by atoms with Crippen molar-refractivity contribution in [2.24, 2.45) is 0 Å². The minimum Gasteiger partial charge on any atom is -0.304 e.